The van der Waals surface area contributed by atoms with Gasteiger partial charge in [0.05, 0.1) is 25.1 Å². The SMILES string of the molecule is N#CNC(=NCCCCCCOc1ccc(Cl)cc1)Nc1cc[n+](C2(Cc3ccccc3)OC(=O)CCC2=O)cc1.[Cl-]. The van der Waals surface area contributed by atoms with Gasteiger partial charge in [-0.25, -0.2) is 0 Å². The molecule has 1 atom stereocenters. The predicted molar refractivity (Wildman–Crippen MR) is 155 cm³/mol. The van der Waals surface area contributed by atoms with E-state index in [1.165, 1.54) is 0 Å². The Bertz CT molecular complexity index is 1380. The summed E-state index contributed by atoms with van der Waals surface area (Å²) >= 11 is 5.89. The molecule has 2 aromatic carbocycles. The van der Waals surface area contributed by atoms with E-state index in [2.05, 4.69) is 15.6 Å². The summed E-state index contributed by atoms with van der Waals surface area (Å²) in [6, 6.07) is 20.3. The van der Waals surface area contributed by atoms with Crippen LogP contribution in [-0.4, -0.2) is 30.9 Å². The molecule has 1 aromatic heterocycles. The van der Waals surface area contributed by atoms with E-state index in [-0.39, 0.29) is 37.5 Å². The fraction of sp³-hybridized carbons (Fsp3) is 0.323. The lowest BCUT2D eigenvalue weighted by Crippen LogP contribution is -3.00. The number of ether oxygens (including phenoxy) is 2. The molecule has 3 aromatic rings. The van der Waals surface area contributed by atoms with Gasteiger partial charge in [-0.2, -0.15) is 9.83 Å². The molecule has 1 saturated heterocycles. The summed E-state index contributed by atoms with van der Waals surface area (Å²) in [7, 11) is 0. The quantitative estimate of drug-likeness (QED) is 0.0613. The van der Waals surface area contributed by atoms with Crippen LogP contribution in [0, 0.1) is 11.5 Å². The molecule has 1 fully saturated rings. The fourth-order valence-electron chi connectivity index (χ4n) is 4.53. The van der Waals surface area contributed by atoms with Crippen molar-refractivity contribution in [2.24, 2.45) is 4.99 Å². The van der Waals surface area contributed by atoms with E-state index in [0.717, 1.165) is 37.0 Å². The first-order chi connectivity index (χ1) is 20.0. The lowest BCUT2D eigenvalue weighted by atomic mass is 9.92. The molecule has 4 rings (SSSR count). The second-order valence-electron chi connectivity index (χ2n) is 9.65. The highest BCUT2D eigenvalue weighted by molar-refractivity contribution is 6.30. The molecule has 0 spiro atoms. The van der Waals surface area contributed by atoms with Crippen LogP contribution in [0.1, 0.15) is 44.1 Å². The topological polar surface area (TPSA) is 117 Å². The monoisotopic (exact) mass is 609 g/mol. The molecule has 42 heavy (non-hydrogen) atoms. The molecule has 1 aliphatic heterocycles. The Morgan fingerprint density at radius 2 is 1.71 bits per heavy atom. The first-order valence-electron chi connectivity index (χ1n) is 13.6. The summed E-state index contributed by atoms with van der Waals surface area (Å²) in [5.41, 5.74) is 0.0928. The number of guanidine groups is 1. The van der Waals surface area contributed by atoms with Crippen molar-refractivity contribution < 1.29 is 36.0 Å². The molecule has 0 amide bonds. The third kappa shape index (κ3) is 9.20. The molecule has 0 aliphatic carbocycles. The molecule has 11 heteroatoms. The fourth-order valence-corrected chi connectivity index (χ4v) is 4.66. The standard InChI is InChI=1S/C31H32ClN5O4.ClH/c32-25-10-12-27(13-11-25)40-21-7-2-1-6-18-34-30(35-23-33)36-26-16-19-37(20-17-26)31(22-24-8-4-3-5-9-24)28(38)14-15-29(39)41-31;/h3-5,8-13,16-17,19-20H,1-2,6-7,14-15,18,21-22H2,(H,34,35);1H. The second-order valence-corrected chi connectivity index (χ2v) is 10.1. The van der Waals surface area contributed by atoms with E-state index in [9.17, 15) is 14.9 Å². The van der Waals surface area contributed by atoms with E-state index >= 15 is 0 Å². The number of nitriles is 1. The highest BCUT2D eigenvalue weighted by Crippen LogP contribution is 2.27. The summed E-state index contributed by atoms with van der Waals surface area (Å²) in [5.74, 6) is 0.575. The molecule has 0 saturated carbocycles. The minimum atomic E-state index is -1.45. The smallest absolute Gasteiger partial charge is 0.378 e. The maximum absolute atomic E-state index is 13.1. The summed E-state index contributed by atoms with van der Waals surface area (Å²) in [6.45, 7) is 1.19. The van der Waals surface area contributed by atoms with E-state index in [1.807, 2.05) is 48.7 Å². The van der Waals surface area contributed by atoms with E-state index in [4.69, 9.17) is 21.1 Å². The first-order valence-corrected chi connectivity index (χ1v) is 14.0. The number of aliphatic imine (C=N–C) groups is 1. The minimum Gasteiger partial charge on any atom is -1.00 e. The Hall–Kier alpha value is -4.13. The van der Waals surface area contributed by atoms with Gasteiger partial charge in [-0.15, -0.1) is 0 Å². The predicted octanol–water partition coefficient (Wildman–Crippen LogP) is 1.91. The van der Waals surface area contributed by atoms with Crippen LogP contribution in [-0.2, 0) is 26.5 Å². The Balaban J connectivity index is 0.00000484. The molecule has 1 aliphatic rings. The number of pyridine rings is 1. The number of cyclic esters (lactones) is 1. The number of Topliss-reactive ketones (excluding diaryl/α,β-unsaturated/α-hetero) is 1. The number of anilines is 1. The number of hydrogen-bond donors (Lipinski definition) is 2. The molecule has 220 valence electrons. The van der Waals surface area contributed by atoms with Gasteiger partial charge in [0, 0.05) is 30.1 Å². The summed E-state index contributed by atoms with van der Waals surface area (Å²) in [6.07, 6.45) is 9.50. The third-order valence-electron chi connectivity index (χ3n) is 6.65. The number of benzene rings is 2. The number of carbonyl (C=O) groups excluding carboxylic acids is 2. The van der Waals surface area contributed by atoms with Crippen LogP contribution < -0.4 is 32.3 Å². The number of esters is 1. The number of hydrogen-bond acceptors (Lipinski definition) is 6. The number of nitrogens with zero attached hydrogens (tertiary/aromatic N) is 3. The Morgan fingerprint density at radius 1 is 1.00 bits per heavy atom. The van der Waals surface area contributed by atoms with Crippen LogP contribution in [0.2, 0.25) is 5.02 Å². The van der Waals surface area contributed by atoms with Gasteiger partial charge >= 0.3 is 11.7 Å². The summed E-state index contributed by atoms with van der Waals surface area (Å²) in [4.78, 5) is 29.9. The summed E-state index contributed by atoms with van der Waals surface area (Å²) in [5, 5.41) is 15.5. The molecule has 9 nitrogen and oxygen atoms in total. The van der Waals surface area contributed by atoms with Crippen molar-refractivity contribution in [2.75, 3.05) is 18.5 Å². The number of carbonyl (C=O) groups is 2. The zero-order chi connectivity index (χ0) is 28.9. The highest BCUT2D eigenvalue weighted by atomic mass is 35.5. The number of unbranched alkanes of at least 4 members (excludes halogenated alkanes) is 3. The van der Waals surface area contributed by atoms with E-state index in [0.29, 0.717) is 29.8 Å². The molecule has 2 N–H and O–H groups in total. The normalized spacial score (nSPS) is 16.5. The van der Waals surface area contributed by atoms with Crippen molar-refractivity contribution in [1.82, 2.24) is 5.32 Å². The Morgan fingerprint density at radius 3 is 2.43 bits per heavy atom. The van der Waals surface area contributed by atoms with Crippen LogP contribution in [0.4, 0.5) is 5.69 Å². The van der Waals surface area contributed by atoms with E-state index in [1.54, 1.807) is 41.2 Å². The molecule has 2 heterocycles. The number of nitrogens with one attached hydrogen (secondary N) is 2. The second kappa shape index (κ2) is 16.3. The van der Waals surface area contributed by atoms with Gasteiger partial charge in [0.15, 0.2) is 18.6 Å². The summed E-state index contributed by atoms with van der Waals surface area (Å²) < 4.78 is 13.1. The van der Waals surface area contributed by atoms with Crippen molar-refractivity contribution in [3.63, 3.8) is 0 Å². The number of rotatable bonds is 12. The average molecular weight is 611 g/mol. The molecule has 1 unspecified atom stereocenters. The maximum Gasteiger partial charge on any atom is 0.378 e. The van der Waals surface area contributed by atoms with Crippen molar-refractivity contribution in [3.05, 3.63) is 89.7 Å². The van der Waals surface area contributed by atoms with Gasteiger partial charge in [0.2, 0.25) is 11.7 Å². The molecule has 0 radical (unpaired) electrons. The Kier molecular flexibility index (Phi) is 12.6. The van der Waals surface area contributed by atoms with Gasteiger partial charge in [0.1, 0.15) is 5.75 Å². The molecule has 0 bridgehead atoms. The van der Waals surface area contributed by atoms with Gasteiger partial charge in [0.25, 0.3) is 0 Å². The van der Waals surface area contributed by atoms with Crippen LogP contribution in [0.15, 0.2) is 84.1 Å². The van der Waals surface area contributed by atoms with Crippen molar-refractivity contribution in [1.29, 1.82) is 5.26 Å². The van der Waals surface area contributed by atoms with Crippen LogP contribution in [0.25, 0.3) is 0 Å². The maximum atomic E-state index is 13.1. The number of aromatic nitrogens is 1. The Labute approximate surface area is 256 Å². The van der Waals surface area contributed by atoms with Gasteiger partial charge in [-0.1, -0.05) is 48.4 Å². The average Bonchev–Trinajstić information content (AvgIpc) is 2.98. The van der Waals surface area contributed by atoms with Crippen LogP contribution in [0.5, 0.6) is 5.75 Å². The van der Waals surface area contributed by atoms with Crippen molar-refractivity contribution in [3.8, 4) is 11.9 Å². The third-order valence-corrected chi connectivity index (χ3v) is 6.90. The largest absolute Gasteiger partial charge is 1.00 e. The number of halogens is 2. The molecular formula is C31H33Cl2N5O4. The van der Waals surface area contributed by atoms with Crippen molar-refractivity contribution >= 4 is 35.0 Å². The molecular weight excluding hydrogens is 577 g/mol. The lowest BCUT2D eigenvalue weighted by Gasteiger charge is -2.30. The number of ketones is 1. The van der Waals surface area contributed by atoms with E-state index < -0.39 is 11.7 Å². The van der Waals surface area contributed by atoms with Crippen LogP contribution in [0.3, 0.4) is 0 Å². The first kappa shape index (κ1) is 32.4. The zero-order valence-electron chi connectivity index (χ0n) is 23.1. The van der Waals surface area contributed by atoms with Gasteiger partial charge in [-0.05, 0) is 49.1 Å². The minimum absolute atomic E-state index is 0. The highest BCUT2D eigenvalue weighted by Gasteiger charge is 2.54. The van der Waals surface area contributed by atoms with Gasteiger partial charge in [-0.3, -0.25) is 19.9 Å². The zero-order valence-corrected chi connectivity index (χ0v) is 24.6. The lowest BCUT2D eigenvalue weighted by molar-refractivity contribution is -0.786. The van der Waals surface area contributed by atoms with Gasteiger partial charge < -0.3 is 27.2 Å². The van der Waals surface area contributed by atoms with Crippen LogP contribution >= 0.6 is 11.6 Å². The van der Waals surface area contributed by atoms with Crippen molar-refractivity contribution in [2.45, 2.75) is 50.7 Å².